The molecule has 5 N–H and O–H groups in total. The normalized spacial score (nSPS) is 18.2. The van der Waals surface area contributed by atoms with E-state index in [1.807, 2.05) is 0 Å². The van der Waals surface area contributed by atoms with Crippen LogP contribution >= 0.6 is 0 Å². The maximum absolute atomic E-state index is 13.1. The fourth-order valence-corrected chi connectivity index (χ4v) is 3.85. The van der Waals surface area contributed by atoms with Gasteiger partial charge < -0.3 is 35.6 Å². The molecule has 0 spiro atoms. The second kappa shape index (κ2) is 9.64. The average Bonchev–Trinajstić information content (AvgIpc) is 3.18. The molecule has 2 aromatic rings. The topological polar surface area (TPSA) is 164 Å². The number of halogens is 2. The summed E-state index contributed by atoms with van der Waals surface area (Å²) < 4.78 is 35.7. The maximum atomic E-state index is 13.1. The van der Waals surface area contributed by atoms with Crippen molar-refractivity contribution in [3.8, 4) is 5.75 Å². The Hall–Kier alpha value is -4.10. The van der Waals surface area contributed by atoms with E-state index in [2.05, 4.69) is 15.0 Å². The molecule has 1 fully saturated rings. The molecule has 1 saturated heterocycles. The second-order valence-corrected chi connectivity index (χ2v) is 7.63. The molecule has 2 heterocycles. The number of para-hydroxylation sites is 1. The van der Waals surface area contributed by atoms with Gasteiger partial charge in [0.25, 0.3) is 11.8 Å². The first-order chi connectivity index (χ1) is 16.7. The van der Waals surface area contributed by atoms with Gasteiger partial charge in [-0.15, -0.1) is 0 Å². The number of morpholine rings is 1. The third-order valence-electron chi connectivity index (χ3n) is 5.47. The first-order valence-corrected chi connectivity index (χ1v) is 10.3. The van der Waals surface area contributed by atoms with E-state index >= 15 is 0 Å². The number of carbonyl (C=O) groups is 3. The number of aromatic carboxylic acids is 1. The quantitative estimate of drug-likeness (QED) is 0.445. The van der Waals surface area contributed by atoms with Crippen LogP contribution in [-0.4, -0.2) is 65.8 Å². The number of amides is 2. The number of ether oxygens (including phenoxy) is 2. The number of carboxylic acids is 1. The first kappa shape index (κ1) is 24.0. The van der Waals surface area contributed by atoms with Crippen LogP contribution < -0.4 is 20.7 Å². The number of rotatable bonds is 7. The maximum Gasteiger partial charge on any atom is 0.387 e. The molecule has 0 saturated carbocycles. The molecule has 35 heavy (non-hydrogen) atoms. The Balaban J connectivity index is 1.54. The minimum Gasteiger partial charge on any atom is -0.478 e. The molecule has 0 aromatic heterocycles. The summed E-state index contributed by atoms with van der Waals surface area (Å²) in [7, 11) is 0. The molecule has 0 radical (unpaired) electrons. The zero-order chi connectivity index (χ0) is 25.3. The molecule has 2 aromatic carbocycles. The number of nitrogens with one attached hydrogen (secondary N) is 1. The highest BCUT2D eigenvalue weighted by atomic mass is 19.3. The van der Waals surface area contributed by atoms with Crippen LogP contribution in [0.25, 0.3) is 0 Å². The average molecular weight is 490 g/mol. The molecule has 0 aliphatic carbocycles. The molecule has 184 valence electrons. The van der Waals surface area contributed by atoms with E-state index in [4.69, 9.17) is 10.5 Å². The van der Waals surface area contributed by atoms with Crippen molar-refractivity contribution in [2.45, 2.75) is 25.4 Å². The van der Waals surface area contributed by atoms with Crippen LogP contribution in [0.2, 0.25) is 0 Å². The Morgan fingerprint density at radius 3 is 2.77 bits per heavy atom. The summed E-state index contributed by atoms with van der Waals surface area (Å²) in [5, 5.41) is 22.4. The van der Waals surface area contributed by atoms with Crippen LogP contribution in [-0.2, 0) is 20.9 Å². The number of alkyl halides is 2. The molecule has 2 atom stereocenters. The summed E-state index contributed by atoms with van der Waals surface area (Å²) in [4.78, 5) is 42.2. The van der Waals surface area contributed by atoms with Crippen molar-refractivity contribution in [2.24, 2.45) is 10.7 Å². The molecule has 2 aliphatic heterocycles. The lowest BCUT2D eigenvalue weighted by molar-refractivity contribution is -0.150. The molecule has 11 nitrogen and oxygen atoms in total. The molecular formula is C22H20F2N4O7. The molecule has 13 heteroatoms. The Bertz CT molecular complexity index is 1220. The van der Waals surface area contributed by atoms with Crippen molar-refractivity contribution in [3.63, 3.8) is 0 Å². The number of anilines is 2. The fraction of sp³-hybridized carbons (Fsp3) is 0.273. The van der Waals surface area contributed by atoms with Gasteiger partial charge in [0.1, 0.15) is 11.4 Å². The van der Waals surface area contributed by atoms with Gasteiger partial charge in [-0.2, -0.15) is 8.78 Å². The predicted octanol–water partition coefficient (Wildman–Crippen LogP) is 0.937. The summed E-state index contributed by atoms with van der Waals surface area (Å²) in [6.07, 6.45) is -3.63. The number of benzene rings is 2. The highest BCUT2D eigenvalue weighted by Gasteiger charge is 2.40. The van der Waals surface area contributed by atoms with Gasteiger partial charge in [-0.25, -0.2) is 4.79 Å². The molecule has 2 amide bonds. The van der Waals surface area contributed by atoms with Crippen molar-refractivity contribution in [2.75, 3.05) is 23.4 Å². The Morgan fingerprint density at radius 2 is 2.06 bits per heavy atom. The zero-order valence-electron chi connectivity index (χ0n) is 18.0. The molecule has 4 rings (SSSR count). The number of aliphatic hydroxyl groups excluding tert-OH is 1. The summed E-state index contributed by atoms with van der Waals surface area (Å²) in [6, 6.07) is 8.36. The summed E-state index contributed by atoms with van der Waals surface area (Å²) in [5.74, 6) is -3.76. The Labute approximate surface area is 196 Å². The van der Waals surface area contributed by atoms with Gasteiger partial charge in [-0.1, -0.05) is 6.07 Å². The number of aliphatic hydroxyl groups is 1. The number of carbonyl (C=O) groups excluding carboxylic acids is 2. The second-order valence-electron chi connectivity index (χ2n) is 7.63. The lowest BCUT2D eigenvalue weighted by Gasteiger charge is -2.35. The Kier molecular flexibility index (Phi) is 6.62. The summed E-state index contributed by atoms with van der Waals surface area (Å²) in [5.41, 5.74) is 6.76. The zero-order valence-corrected chi connectivity index (χ0v) is 18.0. The van der Waals surface area contributed by atoms with E-state index in [1.165, 1.54) is 12.1 Å². The van der Waals surface area contributed by atoms with E-state index < -0.39 is 47.9 Å². The van der Waals surface area contributed by atoms with Crippen molar-refractivity contribution < 1.29 is 42.9 Å². The van der Waals surface area contributed by atoms with Crippen LogP contribution in [0.4, 0.5) is 20.2 Å². The molecule has 0 unspecified atom stereocenters. The van der Waals surface area contributed by atoms with Crippen molar-refractivity contribution >= 4 is 35.0 Å². The van der Waals surface area contributed by atoms with Crippen LogP contribution in [0, 0.1) is 0 Å². The van der Waals surface area contributed by atoms with Gasteiger partial charge in [0, 0.05) is 17.8 Å². The number of carboxylic acid groups (broad SMARTS) is 1. The van der Waals surface area contributed by atoms with Gasteiger partial charge in [0.15, 0.2) is 18.0 Å². The fourth-order valence-electron chi connectivity index (χ4n) is 3.85. The largest absolute Gasteiger partial charge is 0.478 e. The van der Waals surface area contributed by atoms with Gasteiger partial charge in [-0.3, -0.25) is 14.6 Å². The highest BCUT2D eigenvalue weighted by molar-refractivity contribution is 6.06. The SMILES string of the molecule is NC1=NCc2cc(NC(=O)[C@H](O)[C@H]3OCCN(c4cccc(C(=O)O)c4OC(F)F)C3=O)ccc21. The standard InChI is InChI=1S/C22H20F2N4O7/c23-22(24)35-16-13(21(32)33)2-1-3-14(16)28-6-7-34-17(20(28)31)15(29)19(30)27-11-4-5-12-10(8-11)9-26-18(12)25/h1-5,8,15,17,22,29H,6-7,9H2,(H2,25,26)(H,27,30)(H,32,33)/t15-,17-/m1/s1. The van der Waals surface area contributed by atoms with Gasteiger partial charge in [-0.05, 0) is 35.9 Å². The van der Waals surface area contributed by atoms with E-state index in [9.17, 15) is 33.4 Å². The smallest absolute Gasteiger partial charge is 0.387 e. The third-order valence-corrected chi connectivity index (χ3v) is 5.47. The van der Waals surface area contributed by atoms with E-state index in [0.29, 0.717) is 18.1 Å². The van der Waals surface area contributed by atoms with Crippen LogP contribution in [0.15, 0.2) is 41.4 Å². The minimum atomic E-state index is -3.36. The number of hydrogen-bond donors (Lipinski definition) is 4. The number of nitrogens with two attached hydrogens (primary N) is 1. The monoisotopic (exact) mass is 490 g/mol. The van der Waals surface area contributed by atoms with Gasteiger partial charge in [0.2, 0.25) is 0 Å². The number of hydrogen-bond acceptors (Lipinski definition) is 8. The molecule has 2 aliphatic rings. The van der Waals surface area contributed by atoms with Gasteiger partial charge >= 0.3 is 12.6 Å². The van der Waals surface area contributed by atoms with E-state index in [-0.39, 0.29) is 18.8 Å². The van der Waals surface area contributed by atoms with Gasteiger partial charge in [0.05, 0.1) is 18.8 Å². The van der Waals surface area contributed by atoms with Crippen LogP contribution in [0.1, 0.15) is 21.5 Å². The Morgan fingerprint density at radius 1 is 1.29 bits per heavy atom. The molecular weight excluding hydrogens is 470 g/mol. The van der Waals surface area contributed by atoms with E-state index in [1.54, 1.807) is 18.2 Å². The van der Waals surface area contributed by atoms with E-state index in [0.717, 1.165) is 22.1 Å². The van der Waals surface area contributed by atoms with Crippen LogP contribution in [0.5, 0.6) is 5.75 Å². The summed E-state index contributed by atoms with van der Waals surface area (Å²) >= 11 is 0. The number of fused-ring (bicyclic) bond motifs is 1. The lowest BCUT2D eigenvalue weighted by Crippen LogP contribution is -2.55. The highest BCUT2D eigenvalue weighted by Crippen LogP contribution is 2.35. The first-order valence-electron chi connectivity index (χ1n) is 10.3. The van der Waals surface area contributed by atoms with Crippen molar-refractivity contribution in [1.82, 2.24) is 0 Å². The van der Waals surface area contributed by atoms with Crippen molar-refractivity contribution in [3.05, 3.63) is 53.1 Å². The van der Waals surface area contributed by atoms with Crippen molar-refractivity contribution in [1.29, 1.82) is 0 Å². The predicted molar refractivity (Wildman–Crippen MR) is 118 cm³/mol. The van der Waals surface area contributed by atoms with Crippen LogP contribution in [0.3, 0.4) is 0 Å². The molecule has 0 bridgehead atoms. The lowest BCUT2D eigenvalue weighted by atomic mass is 10.1. The third kappa shape index (κ3) is 4.76. The minimum absolute atomic E-state index is 0.154. The number of amidine groups is 1. The number of aliphatic imine (C=N–C) groups is 1. The number of nitrogens with zero attached hydrogens (tertiary/aromatic N) is 2. The summed E-state index contributed by atoms with van der Waals surface area (Å²) in [6.45, 7) is -3.34.